The van der Waals surface area contributed by atoms with Crippen LogP contribution in [-0.2, 0) is 4.79 Å². The molecule has 26 heavy (non-hydrogen) atoms. The average molecular weight is 358 g/mol. The standard InChI is InChI=1S/C20H30N4O2/c1-3-21-19(22-13-16(2)26-17-8-5-4-6-9-17)24-11-7-10-20(15-24)12-18(25)23-14-20/h4-6,8-9,16H,3,7,10-15H2,1-2H3,(H,21,22)(H,23,25). The average Bonchev–Trinajstić information content (AvgIpc) is 2.99. The number of nitrogens with zero attached hydrogens (tertiary/aromatic N) is 2. The van der Waals surface area contributed by atoms with Gasteiger partial charge in [0.15, 0.2) is 5.96 Å². The van der Waals surface area contributed by atoms with Gasteiger partial charge in [0.1, 0.15) is 11.9 Å². The molecule has 6 nitrogen and oxygen atoms in total. The second kappa shape index (κ2) is 8.43. The number of carbonyl (C=O) groups excluding carboxylic acids is 1. The number of amides is 1. The fourth-order valence-corrected chi connectivity index (χ4v) is 3.84. The van der Waals surface area contributed by atoms with Crippen LogP contribution in [0.15, 0.2) is 35.3 Å². The number of benzene rings is 1. The zero-order valence-electron chi connectivity index (χ0n) is 15.8. The van der Waals surface area contributed by atoms with Gasteiger partial charge >= 0.3 is 0 Å². The summed E-state index contributed by atoms with van der Waals surface area (Å²) in [4.78, 5) is 18.8. The molecule has 0 bridgehead atoms. The number of aliphatic imine (C=N–C) groups is 1. The summed E-state index contributed by atoms with van der Waals surface area (Å²) in [5.41, 5.74) is 0.0671. The van der Waals surface area contributed by atoms with Crippen molar-refractivity contribution in [2.45, 2.75) is 39.2 Å². The second-order valence-electron chi connectivity index (χ2n) is 7.41. The minimum Gasteiger partial charge on any atom is -0.489 e. The first-order valence-corrected chi connectivity index (χ1v) is 9.62. The lowest BCUT2D eigenvalue weighted by atomic mass is 9.79. The summed E-state index contributed by atoms with van der Waals surface area (Å²) in [7, 11) is 0. The first-order valence-electron chi connectivity index (χ1n) is 9.62. The number of para-hydroxylation sites is 1. The SMILES string of the molecule is CCNC(=NCC(C)Oc1ccccc1)N1CCCC2(CNC(=O)C2)C1. The normalized spacial score (nSPS) is 24.5. The molecule has 0 aromatic heterocycles. The lowest BCUT2D eigenvalue weighted by Gasteiger charge is -2.40. The van der Waals surface area contributed by atoms with E-state index in [2.05, 4.69) is 22.5 Å². The third-order valence-corrected chi connectivity index (χ3v) is 5.07. The Balaban J connectivity index is 1.62. The van der Waals surface area contributed by atoms with Gasteiger partial charge < -0.3 is 20.3 Å². The molecule has 2 fully saturated rings. The second-order valence-corrected chi connectivity index (χ2v) is 7.41. The molecule has 2 unspecified atom stereocenters. The Bertz CT molecular complexity index is 634. The van der Waals surface area contributed by atoms with Crippen molar-refractivity contribution in [3.05, 3.63) is 30.3 Å². The van der Waals surface area contributed by atoms with Gasteiger partial charge in [-0.1, -0.05) is 18.2 Å². The van der Waals surface area contributed by atoms with E-state index < -0.39 is 0 Å². The van der Waals surface area contributed by atoms with Crippen LogP contribution in [0.4, 0.5) is 0 Å². The number of likely N-dealkylation sites (tertiary alicyclic amines) is 1. The largest absolute Gasteiger partial charge is 0.489 e. The van der Waals surface area contributed by atoms with Gasteiger partial charge in [-0.15, -0.1) is 0 Å². The molecule has 3 rings (SSSR count). The van der Waals surface area contributed by atoms with Crippen LogP contribution in [-0.4, -0.2) is 55.6 Å². The predicted molar refractivity (Wildman–Crippen MR) is 103 cm³/mol. The lowest BCUT2D eigenvalue weighted by Crippen LogP contribution is -2.51. The van der Waals surface area contributed by atoms with E-state index in [-0.39, 0.29) is 17.4 Å². The molecular weight excluding hydrogens is 328 g/mol. The minimum absolute atomic E-state index is 0.000433. The molecule has 2 aliphatic heterocycles. The number of carbonyl (C=O) groups is 1. The monoisotopic (exact) mass is 358 g/mol. The van der Waals surface area contributed by atoms with Crippen LogP contribution in [0.3, 0.4) is 0 Å². The minimum atomic E-state index is -0.000433. The maximum absolute atomic E-state index is 11.7. The smallest absolute Gasteiger partial charge is 0.220 e. The van der Waals surface area contributed by atoms with Crippen LogP contribution in [0.1, 0.15) is 33.1 Å². The number of ether oxygens (including phenoxy) is 1. The van der Waals surface area contributed by atoms with Crippen LogP contribution >= 0.6 is 0 Å². The van der Waals surface area contributed by atoms with E-state index in [1.165, 1.54) is 0 Å². The summed E-state index contributed by atoms with van der Waals surface area (Å²) >= 11 is 0. The molecule has 1 aromatic rings. The molecule has 2 heterocycles. The van der Waals surface area contributed by atoms with Crippen LogP contribution in [0.2, 0.25) is 0 Å². The quantitative estimate of drug-likeness (QED) is 0.624. The molecule has 0 saturated carbocycles. The molecule has 2 saturated heterocycles. The third kappa shape index (κ3) is 4.68. The molecule has 1 amide bonds. The molecule has 6 heteroatoms. The Kier molecular flexibility index (Phi) is 6.01. The van der Waals surface area contributed by atoms with Gasteiger partial charge in [0.25, 0.3) is 0 Å². The first kappa shape index (κ1) is 18.5. The summed E-state index contributed by atoms with van der Waals surface area (Å²) in [6, 6.07) is 9.85. The van der Waals surface area contributed by atoms with Crippen LogP contribution < -0.4 is 15.4 Å². The number of guanidine groups is 1. The van der Waals surface area contributed by atoms with Crippen molar-refractivity contribution in [3.63, 3.8) is 0 Å². The third-order valence-electron chi connectivity index (χ3n) is 5.07. The Morgan fingerprint density at radius 3 is 2.92 bits per heavy atom. The predicted octanol–water partition coefficient (Wildman–Crippen LogP) is 2.02. The molecule has 0 radical (unpaired) electrons. The van der Waals surface area contributed by atoms with E-state index >= 15 is 0 Å². The van der Waals surface area contributed by atoms with Gasteiger partial charge in [-0.25, -0.2) is 4.99 Å². The van der Waals surface area contributed by atoms with E-state index in [1.807, 2.05) is 37.3 Å². The number of piperidine rings is 1. The number of nitrogens with one attached hydrogen (secondary N) is 2. The fourth-order valence-electron chi connectivity index (χ4n) is 3.84. The Morgan fingerprint density at radius 2 is 2.23 bits per heavy atom. The molecule has 0 aliphatic carbocycles. The van der Waals surface area contributed by atoms with E-state index in [9.17, 15) is 4.79 Å². The molecular formula is C20H30N4O2. The Morgan fingerprint density at radius 1 is 1.42 bits per heavy atom. The molecule has 1 aromatic carbocycles. The van der Waals surface area contributed by atoms with Crippen LogP contribution in [0, 0.1) is 5.41 Å². The van der Waals surface area contributed by atoms with Gasteiger partial charge in [0.05, 0.1) is 6.54 Å². The zero-order valence-corrected chi connectivity index (χ0v) is 15.8. The van der Waals surface area contributed by atoms with Crippen molar-refractivity contribution in [3.8, 4) is 5.75 Å². The van der Waals surface area contributed by atoms with E-state index in [0.29, 0.717) is 13.0 Å². The highest BCUT2D eigenvalue weighted by molar-refractivity contribution is 5.81. The topological polar surface area (TPSA) is 66.0 Å². The van der Waals surface area contributed by atoms with Gasteiger partial charge in [0.2, 0.25) is 5.91 Å². The highest BCUT2D eigenvalue weighted by Gasteiger charge is 2.42. The van der Waals surface area contributed by atoms with Gasteiger partial charge in [0, 0.05) is 38.0 Å². The van der Waals surface area contributed by atoms with Crippen molar-refractivity contribution in [1.29, 1.82) is 0 Å². The zero-order chi connectivity index (χ0) is 18.4. The van der Waals surface area contributed by atoms with E-state index in [1.54, 1.807) is 0 Å². The fraction of sp³-hybridized carbons (Fsp3) is 0.600. The van der Waals surface area contributed by atoms with Crippen molar-refractivity contribution in [2.75, 3.05) is 32.7 Å². The van der Waals surface area contributed by atoms with Crippen molar-refractivity contribution in [1.82, 2.24) is 15.5 Å². The van der Waals surface area contributed by atoms with Gasteiger partial charge in [-0.2, -0.15) is 0 Å². The molecule has 2 aliphatic rings. The lowest BCUT2D eigenvalue weighted by molar-refractivity contribution is -0.119. The number of hydrogen-bond acceptors (Lipinski definition) is 3. The number of hydrogen-bond donors (Lipinski definition) is 2. The summed E-state index contributed by atoms with van der Waals surface area (Å²) < 4.78 is 5.93. The number of rotatable bonds is 5. The molecule has 2 N–H and O–H groups in total. The Hall–Kier alpha value is -2.24. The molecule has 142 valence electrons. The van der Waals surface area contributed by atoms with Gasteiger partial charge in [-0.3, -0.25) is 4.79 Å². The summed E-state index contributed by atoms with van der Waals surface area (Å²) in [5, 5.41) is 6.41. The first-order chi connectivity index (χ1) is 12.6. The molecule has 1 spiro atoms. The van der Waals surface area contributed by atoms with Crippen molar-refractivity contribution in [2.24, 2.45) is 10.4 Å². The molecule has 2 atom stereocenters. The van der Waals surface area contributed by atoms with E-state index in [0.717, 1.165) is 50.7 Å². The summed E-state index contributed by atoms with van der Waals surface area (Å²) in [5.74, 6) is 1.97. The van der Waals surface area contributed by atoms with Crippen LogP contribution in [0.25, 0.3) is 0 Å². The van der Waals surface area contributed by atoms with Gasteiger partial charge in [-0.05, 0) is 38.8 Å². The Labute approximate surface area is 156 Å². The van der Waals surface area contributed by atoms with Crippen LogP contribution in [0.5, 0.6) is 5.75 Å². The summed E-state index contributed by atoms with van der Waals surface area (Å²) in [6.07, 6.45) is 2.83. The highest BCUT2D eigenvalue weighted by Crippen LogP contribution is 2.36. The highest BCUT2D eigenvalue weighted by atomic mass is 16.5. The summed E-state index contributed by atoms with van der Waals surface area (Å²) in [6.45, 7) is 8.19. The maximum atomic E-state index is 11.7. The van der Waals surface area contributed by atoms with Crippen molar-refractivity contribution < 1.29 is 9.53 Å². The maximum Gasteiger partial charge on any atom is 0.220 e. The van der Waals surface area contributed by atoms with E-state index in [4.69, 9.17) is 9.73 Å². The van der Waals surface area contributed by atoms with Crippen molar-refractivity contribution >= 4 is 11.9 Å².